The van der Waals surface area contributed by atoms with Crippen molar-refractivity contribution in [2.24, 2.45) is 0 Å². The van der Waals surface area contributed by atoms with Crippen molar-refractivity contribution in [1.29, 1.82) is 0 Å². The number of para-hydroxylation sites is 2. The topological polar surface area (TPSA) is 94.1 Å². The van der Waals surface area contributed by atoms with E-state index in [0.29, 0.717) is 11.4 Å². The molecule has 1 aromatic carbocycles. The van der Waals surface area contributed by atoms with E-state index in [-0.39, 0.29) is 18.9 Å². The summed E-state index contributed by atoms with van der Waals surface area (Å²) in [6, 6.07) is 6.77. The first-order valence-corrected chi connectivity index (χ1v) is 6.10. The lowest BCUT2D eigenvalue weighted by molar-refractivity contribution is -0.138. The number of carbonyl (C=O) groups excluding carboxylic acids is 2. The number of ether oxygens (including phenoxy) is 3. The molecule has 0 aliphatic rings. The summed E-state index contributed by atoms with van der Waals surface area (Å²) < 4.78 is 14.4. The first-order chi connectivity index (χ1) is 10.1. The monoisotopic (exact) mass is 295 g/mol. The van der Waals surface area contributed by atoms with Crippen LogP contribution in [0.2, 0.25) is 0 Å². The summed E-state index contributed by atoms with van der Waals surface area (Å²) in [4.78, 5) is 22.9. The lowest BCUT2D eigenvalue weighted by Crippen LogP contribution is -2.16. The predicted molar refractivity (Wildman–Crippen MR) is 74.8 cm³/mol. The van der Waals surface area contributed by atoms with Crippen LogP contribution in [-0.2, 0) is 19.1 Å². The average Bonchev–Trinajstić information content (AvgIpc) is 2.52. The Morgan fingerprint density at radius 3 is 2.57 bits per heavy atom. The van der Waals surface area contributed by atoms with Crippen molar-refractivity contribution in [3.8, 4) is 5.75 Å². The molecule has 0 saturated heterocycles. The van der Waals surface area contributed by atoms with Gasteiger partial charge in [0, 0.05) is 0 Å². The molecule has 0 unspecified atom stereocenters. The number of aliphatic hydroxyl groups is 1. The van der Waals surface area contributed by atoms with Crippen molar-refractivity contribution >= 4 is 17.6 Å². The minimum Gasteiger partial charge on any atom is -0.489 e. The zero-order valence-electron chi connectivity index (χ0n) is 11.8. The van der Waals surface area contributed by atoms with E-state index in [0.717, 1.165) is 6.08 Å². The Hall–Kier alpha value is -2.54. The van der Waals surface area contributed by atoms with Gasteiger partial charge in [0.15, 0.2) is 0 Å². The van der Waals surface area contributed by atoms with Crippen LogP contribution in [0.3, 0.4) is 0 Å². The van der Waals surface area contributed by atoms with Crippen LogP contribution in [0.25, 0.3) is 0 Å². The van der Waals surface area contributed by atoms with Gasteiger partial charge in [0.25, 0.3) is 0 Å². The number of aliphatic hydroxyl groups excluding tert-OH is 1. The predicted octanol–water partition coefficient (Wildman–Crippen LogP) is 0.699. The first-order valence-electron chi connectivity index (χ1n) is 6.10. The number of rotatable bonds is 7. The molecule has 0 radical (unpaired) electrons. The zero-order chi connectivity index (χ0) is 15.7. The Bertz CT molecular complexity index is 526. The minimum atomic E-state index is -0.725. The van der Waals surface area contributed by atoms with E-state index in [1.165, 1.54) is 14.2 Å². The molecule has 0 saturated carbocycles. The van der Waals surface area contributed by atoms with Gasteiger partial charge >= 0.3 is 11.9 Å². The van der Waals surface area contributed by atoms with Gasteiger partial charge in [0.2, 0.25) is 0 Å². The van der Waals surface area contributed by atoms with Gasteiger partial charge in [-0.05, 0) is 12.1 Å². The SMILES string of the molecule is COC(=O)/C=C(/Nc1ccccc1OCCO)C(=O)OC. The average molecular weight is 295 g/mol. The summed E-state index contributed by atoms with van der Waals surface area (Å²) in [5, 5.41) is 11.5. The molecule has 21 heavy (non-hydrogen) atoms. The van der Waals surface area contributed by atoms with Crippen LogP contribution < -0.4 is 10.1 Å². The second kappa shape index (κ2) is 8.60. The van der Waals surface area contributed by atoms with E-state index < -0.39 is 11.9 Å². The summed E-state index contributed by atoms with van der Waals surface area (Å²) in [7, 11) is 2.40. The maximum Gasteiger partial charge on any atom is 0.354 e. The maximum atomic E-state index is 11.7. The molecular weight excluding hydrogens is 278 g/mol. The van der Waals surface area contributed by atoms with Gasteiger partial charge in [-0.2, -0.15) is 0 Å². The highest BCUT2D eigenvalue weighted by Crippen LogP contribution is 2.25. The molecule has 0 aliphatic carbocycles. The molecular formula is C14H17NO6. The Kier molecular flexibility index (Phi) is 6.76. The van der Waals surface area contributed by atoms with Crippen LogP contribution in [0, 0.1) is 0 Å². The van der Waals surface area contributed by atoms with Crippen LogP contribution in [0.5, 0.6) is 5.75 Å². The molecule has 114 valence electrons. The van der Waals surface area contributed by atoms with Gasteiger partial charge in [-0.25, -0.2) is 9.59 Å². The van der Waals surface area contributed by atoms with E-state index >= 15 is 0 Å². The number of nitrogens with one attached hydrogen (secondary N) is 1. The molecule has 7 nitrogen and oxygen atoms in total. The number of benzene rings is 1. The lowest BCUT2D eigenvalue weighted by atomic mass is 10.2. The number of hydrogen-bond donors (Lipinski definition) is 2. The quantitative estimate of drug-likeness (QED) is 0.565. The summed E-state index contributed by atoms with van der Waals surface area (Å²) in [5.74, 6) is -1.000. The van der Waals surface area contributed by atoms with Crippen LogP contribution in [0.1, 0.15) is 0 Å². The third-order valence-electron chi connectivity index (χ3n) is 2.37. The molecule has 0 aromatic heterocycles. The molecule has 0 spiro atoms. The molecule has 0 heterocycles. The van der Waals surface area contributed by atoms with Crippen molar-refractivity contribution in [1.82, 2.24) is 0 Å². The van der Waals surface area contributed by atoms with Crippen molar-refractivity contribution < 1.29 is 28.9 Å². The fourth-order valence-corrected chi connectivity index (χ4v) is 1.43. The van der Waals surface area contributed by atoms with Gasteiger partial charge in [0.1, 0.15) is 18.1 Å². The number of carbonyl (C=O) groups is 2. The van der Waals surface area contributed by atoms with Gasteiger partial charge in [0.05, 0.1) is 32.6 Å². The lowest BCUT2D eigenvalue weighted by Gasteiger charge is -2.13. The second-order valence-corrected chi connectivity index (χ2v) is 3.77. The number of anilines is 1. The van der Waals surface area contributed by atoms with Crippen LogP contribution in [0.4, 0.5) is 5.69 Å². The first kappa shape index (κ1) is 16.5. The summed E-state index contributed by atoms with van der Waals surface area (Å²) >= 11 is 0. The third-order valence-corrected chi connectivity index (χ3v) is 2.37. The van der Waals surface area contributed by atoms with Gasteiger partial charge < -0.3 is 24.6 Å². The van der Waals surface area contributed by atoms with Gasteiger partial charge in [-0.3, -0.25) is 0 Å². The second-order valence-electron chi connectivity index (χ2n) is 3.77. The Morgan fingerprint density at radius 1 is 1.24 bits per heavy atom. The fraction of sp³-hybridized carbons (Fsp3) is 0.286. The van der Waals surface area contributed by atoms with Crippen molar-refractivity contribution in [2.75, 3.05) is 32.8 Å². The Balaban J connectivity index is 3.01. The highest BCUT2D eigenvalue weighted by atomic mass is 16.5. The van der Waals surface area contributed by atoms with Crippen molar-refractivity contribution in [2.45, 2.75) is 0 Å². The van der Waals surface area contributed by atoms with Gasteiger partial charge in [-0.1, -0.05) is 12.1 Å². The third kappa shape index (κ3) is 5.15. The van der Waals surface area contributed by atoms with Gasteiger partial charge in [-0.15, -0.1) is 0 Å². The zero-order valence-corrected chi connectivity index (χ0v) is 11.8. The summed E-state index contributed by atoms with van der Waals surface area (Å²) in [6.07, 6.45) is 0.981. The molecule has 0 fully saturated rings. The van der Waals surface area contributed by atoms with Crippen LogP contribution in [-0.4, -0.2) is 44.5 Å². The van der Waals surface area contributed by atoms with E-state index in [4.69, 9.17) is 9.84 Å². The summed E-state index contributed by atoms with van der Waals surface area (Å²) in [6.45, 7) is -0.0385. The van der Waals surface area contributed by atoms with Crippen LogP contribution in [0.15, 0.2) is 36.0 Å². The molecule has 0 aliphatic heterocycles. The molecule has 1 rings (SSSR count). The standard InChI is InChI=1S/C14H17NO6/c1-19-13(17)9-11(14(18)20-2)15-10-5-3-4-6-12(10)21-8-7-16/h3-6,9,15-16H,7-8H2,1-2H3/b11-9+. The normalized spacial score (nSPS) is 10.7. The van der Waals surface area contributed by atoms with E-state index in [2.05, 4.69) is 14.8 Å². The van der Waals surface area contributed by atoms with E-state index in [1.54, 1.807) is 24.3 Å². The van der Waals surface area contributed by atoms with E-state index in [1.807, 2.05) is 0 Å². The highest BCUT2D eigenvalue weighted by Gasteiger charge is 2.14. The summed E-state index contributed by atoms with van der Waals surface area (Å²) in [5.41, 5.74) is 0.357. The highest BCUT2D eigenvalue weighted by molar-refractivity contribution is 5.99. The Morgan fingerprint density at radius 2 is 1.95 bits per heavy atom. The molecule has 7 heteroatoms. The van der Waals surface area contributed by atoms with Crippen molar-refractivity contribution in [3.05, 3.63) is 36.0 Å². The Labute approximate surface area is 122 Å². The maximum absolute atomic E-state index is 11.7. The largest absolute Gasteiger partial charge is 0.489 e. The minimum absolute atomic E-state index is 0.0931. The molecule has 0 bridgehead atoms. The number of esters is 2. The fourth-order valence-electron chi connectivity index (χ4n) is 1.43. The smallest absolute Gasteiger partial charge is 0.354 e. The molecule has 2 N–H and O–H groups in total. The number of hydrogen-bond acceptors (Lipinski definition) is 7. The molecule has 0 atom stereocenters. The number of methoxy groups -OCH3 is 2. The van der Waals surface area contributed by atoms with E-state index in [9.17, 15) is 9.59 Å². The van der Waals surface area contributed by atoms with Crippen molar-refractivity contribution in [3.63, 3.8) is 0 Å². The van der Waals surface area contributed by atoms with Crippen LogP contribution >= 0.6 is 0 Å². The molecule has 0 amide bonds. The molecule has 1 aromatic rings.